The average Bonchev–Trinajstić information content (AvgIpc) is 1.84. The zero-order valence-corrected chi connectivity index (χ0v) is 5.94. The highest BCUT2D eigenvalue weighted by atomic mass is 16.3. The number of aliphatic hydroxyl groups excluding tert-OH is 3. The monoisotopic (exact) mass is 148 g/mol. The molecule has 1 radical (unpaired) electrons. The Morgan fingerprint density at radius 2 is 1.70 bits per heavy atom. The summed E-state index contributed by atoms with van der Waals surface area (Å²) in [5.41, 5.74) is 5.24. The van der Waals surface area contributed by atoms with Crippen molar-refractivity contribution in [1.29, 1.82) is 0 Å². The molecule has 61 valence electrons. The van der Waals surface area contributed by atoms with Crippen molar-refractivity contribution >= 4 is 0 Å². The fourth-order valence-corrected chi connectivity index (χ4v) is 0.549. The molecule has 0 rings (SSSR count). The van der Waals surface area contributed by atoms with Crippen molar-refractivity contribution in [2.75, 3.05) is 0 Å². The molecule has 0 heterocycles. The van der Waals surface area contributed by atoms with E-state index in [1.165, 1.54) is 6.92 Å². The van der Waals surface area contributed by atoms with Crippen LogP contribution in [0.15, 0.2) is 0 Å². The van der Waals surface area contributed by atoms with Crippen molar-refractivity contribution in [2.45, 2.75) is 31.3 Å². The van der Waals surface area contributed by atoms with Crippen molar-refractivity contribution in [3.8, 4) is 0 Å². The Morgan fingerprint density at radius 3 is 1.80 bits per heavy atom. The summed E-state index contributed by atoms with van der Waals surface area (Å²) >= 11 is 0. The number of rotatable bonds is 3. The van der Waals surface area contributed by atoms with Crippen LogP contribution in [0.5, 0.6) is 0 Å². The average molecular weight is 148 g/mol. The fraction of sp³-hybridized carbons (Fsp3) is 0.833. The van der Waals surface area contributed by atoms with Crippen molar-refractivity contribution in [1.82, 2.24) is 0 Å². The van der Waals surface area contributed by atoms with E-state index in [-0.39, 0.29) is 0 Å². The van der Waals surface area contributed by atoms with Gasteiger partial charge >= 0.3 is 0 Å². The van der Waals surface area contributed by atoms with Gasteiger partial charge < -0.3 is 21.1 Å². The first-order chi connectivity index (χ1) is 4.46. The molecule has 0 aliphatic rings. The molecule has 0 aliphatic heterocycles. The van der Waals surface area contributed by atoms with E-state index in [0.717, 1.165) is 0 Å². The summed E-state index contributed by atoms with van der Waals surface area (Å²) in [6.45, 7) is 4.60. The van der Waals surface area contributed by atoms with Crippen molar-refractivity contribution < 1.29 is 15.3 Å². The summed E-state index contributed by atoms with van der Waals surface area (Å²) in [5, 5.41) is 26.5. The summed E-state index contributed by atoms with van der Waals surface area (Å²) in [6, 6.07) is -0.889. The maximum absolute atomic E-state index is 8.99. The molecule has 0 fully saturated rings. The van der Waals surface area contributed by atoms with Gasteiger partial charge in [-0.2, -0.15) is 0 Å². The van der Waals surface area contributed by atoms with Gasteiger partial charge in [-0.05, 0) is 13.8 Å². The quantitative estimate of drug-likeness (QED) is 0.382. The van der Waals surface area contributed by atoms with Crippen LogP contribution in [-0.2, 0) is 0 Å². The molecule has 0 aromatic carbocycles. The maximum atomic E-state index is 8.99. The molecule has 4 atom stereocenters. The molecule has 5 N–H and O–H groups in total. The van der Waals surface area contributed by atoms with E-state index < -0.39 is 24.4 Å². The first kappa shape index (κ1) is 9.84. The van der Waals surface area contributed by atoms with E-state index in [2.05, 4.69) is 6.92 Å². The van der Waals surface area contributed by atoms with Crippen LogP contribution in [0.2, 0.25) is 0 Å². The Balaban J connectivity index is 3.81. The summed E-state index contributed by atoms with van der Waals surface area (Å²) in [6.07, 6.45) is -3.11. The Hall–Kier alpha value is -0.160. The molecule has 0 saturated heterocycles. The second-order valence-electron chi connectivity index (χ2n) is 2.38. The standard InChI is InChI=1S/C6H14NO3/c1-3(8)5(7)6(10)4(2)9/h3-6,8-10H,1,7H2,2H3. The van der Waals surface area contributed by atoms with Gasteiger partial charge in [0.1, 0.15) is 0 Å². The van der Waals surface area contributed by atoms with Gasteiger partial charge in [-0.25, -0.2) is 0 Å². The number of nitrogens with two attached hydrogens (primary N) is 1. The lowest BCUT2D eigenvalue weighted by Gasteiger charge is -2.22. The summed E-state index contributed by atoms with van der Waals surface area (Å²) in [5.74, 6) is 0. The predicted molar refractivity (Wildman–Crippen MR) is 37.0 cm³/mol. The second kappa shape index (κ2) is 3.88. The molecule has 4 heteroatoms. The SMILES string of the molecule is [CH2]C(O)C(N)C(O)C(C)O. The predicted octanol–water partition coefficient (Wildman–Crippen LogP) is -1.75. The normalized spacial score (nSPS) is 23.4. The van der Waals surface area contributed by atoms with E-state index in [1.807, 2.05) is 0 Å². The summed E-state index contributed by atoms with van der Waals surface area (Å²) in [4.78, 5) is 0. The van der Waals surface area contributed by atoms with Gasteiger partial charge in [-0.1, -0.05) is 0 Å². The van der Waals surface area contributed by atoms with Crippen molar-refractivity contribution in [3.63, 3.8) is 0 Å². The van der Waals surface area contributed by atoms with Gasteiger partial charge in [-0.3, -0.25) is 0 Å². The summed E-state index contributed by atoms with van der Waals surface area (Å²) < 4.78 is 0. The minimum atomic E-state index is -1.12. The van der Waals surface area contributed by atoms with E-state index in [1.54, 1.807) is 0 Å². The molecule has 0 aromatic heterocycles. The van der Waals surface area contributed by atoms with Crippen LogP contribution in [0.25, 0.3) is 0 Å². The van der Waals surface area contributed by atoms with Crippen LogP contribution >= 0.6 is 0 Å². The van der Waals surface area contributed by atoms with Crippen LogP contribution in [0.1, 0.15) is 6.92 Å². The Bertz CT molecular complexity index is 83.0. The van der Waals surface area contributed by atoms with E-state index >= 15 is 0 Å². The Morgan fingerprint density at radius 1 is 1.30 bits per heavy atom. The molecular formula is C6H14NO3. The van der Waals surface area contributed by atoms with Gasteiger partial charge in [0.25, 0.3) is 0 Å². The zero-order chi connectivity index (χ0) is 8.31. The van der Waals surface area contributed by atoms with Crippen LogP contribution in [0, 0.1) is 6.92 Å². The highest BCUT2D eigenvalue weighted by Gasteiger charge is 2.23. The maximum Gasteiger partial charge on any atom is 0.0971 e. The molecule has 0 aliphatic carbocycles. The third-order valence-electron chi connectivity index (χ3n) is 1.33. The largest absolute Gasteiger partial charge is 0.391 e. The van der Waals surface area contributed by atoms with Crippen LogP contribution in [0.3, 0.4) is 0 Å². The molecule has 4 unspecified atom stereocenters. The second-order valence-corrected chi connectivity index (χ2v) is 2.38. The molecule has 0 spiro atoms. The minimum absolute atomic E-state index is 0.889. The summed E-state index contributed by atoms with van der Waals surface area (Å²) in [7, 11) is 0. The number of aliphatic hydroxyl groups is 3. The third kappa shape index (κ3) is 2.62. The molecular weight excluding hydrogens is 134 g/mol. The smallest absolute Gasteiger partial charge is 0.0971 e. The molecule has 0 amide bonds. The lowest BCUT2D eigenvalue weighted by Crippen LogP contribution is -2.48. The lowest BCUT2D eigenvalue weighted by atomic mass is 10.0. The van der Waals surface area contributed by atoms with Crippen molar-refractivity contribution in [2.24, 2.45) is 5.73 Å². The van der Waals surface area contributed by atoms with Gasteiger partial charge in [0.15, 0.2) is 0 Å². The first-order valence-corrected chi connectivity index (χ1v) is 3.09. The molecule has 10 heavy (non-hydrogen) atoms. The lowest BCUT2D eigenvalue weighted by molar-refractivity contribution is -0.00985. The van der Waals surface area contributed by atoms with E-state index in [4.69, 9.17) is 21.1 Å². The van der Waals surface area contributed by atoms with Gasteiger partial charge in [0.2, 0.25) is 0 Å². The van der Waals surface area contributed by atoms with E-state index in [9.17, 15) is 0 Å². The fourth-order valence-electron chi connectivity index (χ4n) is 0.549. The third-order valence-corrected chi connectivity index (χ3v) is 1.33. The minimum Gasteiger partial charge on any atom is -0.391 e. The van der Waals surface area contributed by atoms with Crippen LogP contribution in [0.4, 0.5) is 0 Å². The van der Waals surface area contributed by atoms with Gasteiger partial charge in [0, 0.05) is 0 Å². The van der Waals surface area contributed by atoms with E-state index in [0.29, 0.717) is 0 Å². The van der Waals surface area contributed by atoms with Gasteiger partial charge in [-0.15, -0.1) is 0 Å². The molecule has 0 bridgehead atoms. The van der Waals surface area contributed by atoms with Crippen LogP contribution < -0.4 is 5.73 Å². The topological polar surface area (TPSA) is 86.7 Å². The van der Waals surface area contributed by atoms with Crippen LogP contribution in [-0.4, -0.2) is 39.7 Å². The zero-order valence-electron chi connectivity index (χ0n) is 5.94. The first-order valence-electron chi connectivity index (χ1n) is 3.09. The Labute approximate surface area is 60.3 Å². The number of hydrogen-bond donors (Lipinski definition) is 4. The number of hydrogen-bond acceptors (Lipinski definition) is 4. The molecule has 4 nitrogen and oxygen atoms in total. The Kier molecular flexibility index (Phi) is 3.81. The van der Waals surface area contributed by atoms with Crippen molar-refractivity contribution in [3.05, 3.63) is 6.92 Å². The highest BCUT2D eigenvalue weighted by molar-refractivity contribution is 4.83. The van der Waals surface area contributed by atoms with Gasteiger partial charge in [0.05, 0.1) is 24.4 Å². The molecule has 0 aromatic rings. The highest BCUT2D eigenvalue weighted by Crippen LogP contribution is 2.00. The molecule has 0 saturated carbocycles.